The average molecular weight is 527 g/mol. The van der Waals surface area contributed by atoms with Gasteiger partial charge in [0.15, 0.2) is 11.5 Å². The number of benzene rings is 1. The van der Waals surface area contributed by atoms with Gasteiger partial charge in [-0.05, 0) is 49.8 Å². The summed E-state index contributed by atoms with van der Waals surface area (Å²) in [7, 11) is 0. The minimum Gasteiger partial charge on any atom is -0.441 e. The molecule has 8 heteroatoms. The maximum absolute atomic E-state index is 13.6. The number of nitrogens with zero attached hydrogens (tertiary/aromatic N) is 1. The largest absolute Gasteiger partial charge is 0.441 e. The second-order valence-electron chi connectivity index (χ2n) is 12.0. The van der Waals surface area contributed by atoms with E-state index < -0.39 is 23.5 Å². The van der Waals surface area contributed by atoms with Crippen LogP contribution >= 0.6 is 0 Å². The smallest absolute Gasteiger partial charge is 0.223 e. The van der Waals surface area contributed by atoms with Crippen molar-refractivity contribution in [2.24, 2.45) is 17.3 Å². The van der Waals surface area contributed by atoms with Crippen LogP contribution in [0.3, 0.4) is 0 Å². The molecule has 2 unspecified atom stereocenters. The van der Waals surface area contributed by atoms with Gasteiger partial charge >= 0.3 is 0 Å². The summed E-state index contributed by atoms with van der Waals surface area (Å²) in [5.41, 5.74) is 0.739. The first kappa shape index (κ1) is 28.5. The van der Waals surface area contributed by atoms with Crippen LogP contribution < -0.4 is 5.32 Å². The number of hydrogen-bond acceptors (Lipinski definition) is 7. The number of fused-ring (bicyclic) bond motifs is 2. The van der Waals surface area contributed by atoms with E-state index in [1.54, 1.807) is 26.8 Å². The Hall–Kier alpha value is -2.55. The number of nitrogens with one attached hydrogen (secondary N) is 1. The number of carbonyl (C=O) groups excluding carboxylic acids is 2. The van der Waals surface area contributed by atoms with Crippen LogP contribution in [0, 0.1) is 24.2 Å². The highest BCUT2D eigenvalue weighted by Gasteiger charge is 2.52. The van der Waals surface area contributed by atoms with Crippen molar-refractivity contribution in [2.75, 3.05) is 0 Å². The third-order valence-corrected chi connectivity index (χ3v) is 8.67. The van der Waals surface area contributed by atoms with Crippen molar-refractivity contribution in [3.8, 4) is 0 Å². The minimum atomic E-state index is -1.23. The minimum absolute atomic E-state index is 0.0351. The highest BCUT2D eigenvalue weighted by atomic mass is 16.6. The van der Waals surface area contributed by atoms with Crippen LogP contribution in [0.25, 0.3) is 11.1 Å². The standard InChI is InChI=1S/C30H42N2O6/c1-7-9-20-27(35)17(2)10-8-13-30(6)25(38-30)15-21(19-11-12-23-22(14-19)31-18(3)37-23)32-26(34)16-24(33)29(4,5)28(20)36/h7,11-12,14,17,20-21,24-25,27,33,35H,1,8-10,13,15-16H2,2-6H3,(H,32,34)/t17-,20+,21-,24-,25?,27+,30?/m0/s1. The molecule has 4 rings (SSSR count). The van der Waals surface area contributed by atoms with Crippen molar-refractivity contribution in [1.29, 1.82) is 0 Å². The SMILES string of the molecule is C=CC[C@H]1C(=O)C(C)(C)[C@@H](O)CC(=O)N[C@H](c2ccc3oc(C)nc3c2)CC2OC2(C)CCC[C@H](C)[C@H]1O. The predicted octanol–water partition coefficient (Wildman–Crippen LogP) is 4.56. The van der Waals surface area contributed by atoms with E-state index in [4.69, 9.17) is 9.15 Å². The molecule has 1 amide bonds. The second-order valence-corrected chi connectivity index (χ2v) is 12.0. The fourth-order valence-electron chi connectivity index (χ4n) is 5.83. The number of hydrogen-bond donors (Lipinski definition) is 3. The number of aryl methyl sites for hydroxylation is 1. The highest BCUT2D eigenvalue weighted by Crippen LogP contribution is 2.46. The number of allylic oxidation sites excluding steroid dienone is 1. The number of aromatic nitrogens is 1. The number of epoxide rings is 1. The van der Waals surface area contributed by atoms with Gasteiger partial charge < -0.3 is 24.7 Å². The molecule has 2 saturated heterocycles. The first-order valence-corrected chi connectivity index (χ1v) is 13.7. The fourth-order valence-corrected chi connectivity index (χ4v) is 5.83. The number of ketones is 1. The number of aliphatic hydroxyl groups is 2. The van der Waals surface area contributed by atoms with Gasteiger partial charge in [0, 0.05) is 19.3 Å². The monoisotopic (exact) mass is 526 g/mol. The maximum atomic E-state index is 13.6. The van der Waals surface area contributed by atoms with E-state index in [9.17, 15) is 19.8 Å². The van der Waals surface area contributed by atoms with E-state index in [-0.39, 0.29) is 41.8 Å². The van der Waals surface area contributed by atoms with Gasteiger partial charge in [-0.1, -0.05) is 39.3 Å². The number of Topliss-reactive ketones (excluding diaryl/α,β-unsaturated/α-hetero) is 1. The summed E-state index contributed by atoms with van der Waals surface area (Å²) in [5, 5.41) is 25.3. The molecule has 38 heavy (non-hydrogen) atoms. The lowest BCUT2D eigenvalue weighted by atomic mass is 9.71. The van der Waals surface area contributed by atoms with Crippen LogP contribution in [0.15, 0.2) is 35.3 Å². The summed E-state index contributed by atoms with van der Waals surface area (Å²) in [6, 6.07) is 5.33. The molecule has 3 heterocycles. The second kappa shape index (κ2) is 10.9. The van der Waals surface area contributed by atoms with Crippen molar-refractivity contribution < 1.29 is 29.0 Å². The van der Waals surface area contributed by atoms with Gasteiger partial charge in [0.25, 0.3) is 0 Å². The Bertz CT molecular complexity index is 1190. The third kappa shape index (κ3) is 5.87. The van der Waals surface area contributed by atoms with Crippen LogP contribution in [-0.2, 0) is 14.3 Å². The van der Waals surface area contributed by atoms with Crippen LogP contribution in [0.5, 0.6) is 0 Å². The quantitative estimate of drug-likeness (QED) is 0.395. The summed E-state index contributed by atoms with van der Waals surface area (Å²) < 4.78 is 11.8. The van der Waals surface area contributed by atoms with Gasteiger partial charge in [-0.3, -0.25) is 9.59 Å². The predicted molar refractivity (Wildman–Crippen MR) is 144 cm³/mol. The summed E-state index contributed by atoms with van der Waals surface area (Å²) in [6.07, 6.45) is 2.56. The summed E-state index contributed by atoms with van der Waals surface area (Å²) in [6.45, 7) is 12.9. The molecule has 1 aromatic heterocycles. The molecule has 7 atom stereocenters. The Morgan fingerprint density at radius 2 is 1.97 bits per heavy atom. The number of amides is 1. The van der Waals surface area contributed by atoms with E-state index in [1.165, 1.54) is 0 Å². The molecular weight excluding hydrogens is 484 g/mol. The van der Waals surface area contributed by atoms with Crippen LogP contribution in [0.2, 0.25) is 0 Å². The molecule has 1 aromatic carbocycles. The van der Waals surface area contributed by atoms with E-state index in [1.807, 2.05) is 25.1 Å². The zero-order chi connectivity index (χ0) is 27.8. The first-order valence-electron chi connectivity index (χ1n) is 13.7. The summed E-state index contributed by atoms with van der Waals surface area (Å²) >= 11 is 0. The summed E-state index contributed by atoms with van der Waals surface area (Å²) in [5.74, 6) is -0.858. The zero-order valence-electron chi connectivity index (χ0n) is 23.2. The van der Waals surface area contributed by atoms with Gasteiger partial charge in [-0.2, -0.15) is 0 Å². The van der Waals surface area contributed by atoms with Gasteiger partial charge in [0.05, 0.1) is 41.8 Å². The number of rotatable bonds is 3. The van der Waals surface area contributed by atoms with Gasteiger partial charge in [0.1, 0.15) is 11.3 Å². The molecule has 2 aliphatic rings. The molecule has 208 valence electrons. The topological polar surface area (TPSA) is 125 Å². The lowest BCUT2D eigenvalue weighted by molar-refractivity contribution is -0.144. The van der Waals surface area contributed by atoms with Crippen molar-refractivity contribution in [2.45, 2.75) is 103 Å². The normalized spacial score (nSPS) is 34.9. The molecule has 2 aliphatic heterocycles. The number of aliphatic hydroxyl groups excluding tert-OH is 2. The molecular formula is C30H42N2O6. The molecule has 3 N–H and O–H groups in total. The van der Waals surface area contributed by atoms with Crippen molar-refractivity contribution in [3.05, 3.63) is 42.3 Å². The molecule has 0 saturated carbocycles. The van der Waals surface area contributed by atoms with Crippen molar-refractivity contribution in [3.63, 3.8) is 0 Å². The molecule has 0 aliphatic carbocycles. The molecule has 2 fully saturated rings. The third-order valence-electron chi connectivity index (χ3n) is 8.67. The Kier molecular flexibility index (Phi) is 8.17. The van der Waals surface area contributed by atoms with Crippen molar-refractivity contribution >= 4 is 22.8 Å². The van der Waals surface area contributed by atoms with Crippen LogP contribution in [0.4, 0.5) is 0 Å². The zero-order valence-corrected chi connectivity index (χ0v) is 23.2. The van der Waals surface area contributed by atoms with E-state index in [2.05, 4.69) is 23.8 Å². The number of ether oxygens (including phenoxy) is 1. The Morgan fingerprint density at radius 1 is 1.24 bits per heavy atom. The fraction of sp³-hybridized carbons (Fsp3) is 0.633. The average Bonchev–Trinajstić information content (AvgIpc) is 3.32. The van der Waals surface area contributed by atoms with Crippen LogP contribution in [0.1, 0.15) is 83.7 Å². The van der Waals surface area contributed by atoms with E-state index >= 15 is 0 Å². The lowest BCUT2D eigenvalue weighted by Gasteiger charge is -2.36. The molecule has 2 aromatic rings. The first-order chi connectivity index (χ1) is 17.9. The van der Waals surface area contributed by atoms with Gasteiger partial charge in [0.2, 0.25) is 5.91 Å². The highest BCUT2D eigenvalue weighted by molar-refractivity contribution is 5.88. The van der Waals surface area contributed by atoms with Gasteiger partial charge in [-0.15, -0.1) is 6.58 Å². The number of oxazole rings is 1. The van der Waals surface area contributed by atoms with Gasteiger partial charge in [-0.25, -0.2) is 4.98 Å². The Labute approximate surface area is 224 Å². The van der Waals surface area contributed by atoms with E-state index in [0.717, 1.165) is 24.8 Å². The van der Waals surface area contributed by atoms with E-state index in [0.29, 0.717) is 29.8 Å². The molecule has 0 spiro atoms. The lowest BCUT2D eigenvalue weighted by Crippen LogP contribution is -2.47. The Morgan fingerprint density at radius 3 is 2.68 bits per heavy atom. The summed E-state index contributed by atoms with van der Waals surface area (Å²) in [4.78, 5) is 31.3. The Balaban J connectivity index is 1.63. The van der Waals surface area contributed by atoms with Crippen molar-refractivity contribution in [1.82, 2.24) is 10.3 Å². The maximum Gasteiger partial charge on any atom is 0.223 e. The van der Waals surface area contributed by atoms with Crippen LogP contribution in [-0.4, -0.2) is 50.8 Å². The molecule has 8 nitrogen and oxygen atoms in total. The number of carbonyl (C=O) groups is 2. The molecule has 0 radical (unpaired) electrons. The molecule has 0 bridgehead atoms.